The summed E-state index contributed by atoms with van der Waals surface area (Å²) in [5.41, 5.74) is 0. The molecule has 1 fully saturated rings. The molecule has 0 bridgehead atoms. The van der Waals surface area contributed by atoms with Gasteiger partial charge in [-0.3, -0.25) is 4.79 Å². The predicted octanol–water partition coefficient (Wildman–Crippen LogP) is -0.969. The summed E-state index contributed by atoms with van der Waals surface area (Å²) in [7, 11) is 1.37. The monoisotopic (exact) mass is 220 g/mol. The molecule has 6 nitrogen and oxygen atoms in total. The highest BCUT2D eigenvalue weighted by Crippen LogP contribution is 2.24. The minimum absolute atomic E-state index is 0.563. The Labute approximate surface area is 87.7 Å². The van der Waals surface area contributed by atoms with E-state index in [0.717, 1.165) is 0 Å². The van der Waals surface area contributed by atoms with Crippen LogP contribution in [0.2, 0.25) is 0 Å². The molecule has 0 amide bonds. The Balaban J connectivity index is 2.76. The molecule has 0 unspecified atom stereocenters. The van der Waals surface area contributed by atoms with Gasteiger partial charge in [-0.2, -0.15) is 0 Å². The van der Waals surface area contributed by atoms with Gasteiger partial charge in [0.1, 0.15) is 12.2 Å². The molecule has 0 radical (unpaired) electrons. The summed E-state index contributed by atoms with van der Waals surface area (Å²) >= 11 is 0. The van der Waals surface area contributed by atoms with Crippen molar-refractivity contribution < 1.29 is 29.2 Å². The van der Waals surface area contributed by atoms with Gasteiger partial charge in [0.05, 0.1) is 6.10 Å². The second-order valence-corrected chi connectivity index (χ2v) is 3.50. The SMILES string of the molecule is CO[C@H]1[C@@H](O)[C@@H](C)O[C@@H](O)[C@@H]1OC(C)=O. The number of esters is 1. The predicted molar refractivity (Wildman–Crippen MR) is 48.9 cm³/mol. The molecular formula is C9H16O6. The Morgan fingerprint density at radius 3 is 2.40 bits per heavy atom. The van der Waals surface area contributed by atoms with Crippen molar-refractivity contribution in [3.63, 3.8) is 0 Å². The van der Waals surface area contributed by atoms with Crippen molar-refractivity contribution in [3.05, 3.63) is 0 Å². The molecule has 0 saturated carbocycles. The van der Waals surface area contributed by atoms with E-state index >= 15 is 0 Å². The van der Waals surface area contributed by atoms with Crippen molar-refractivity contribution in [1.29, 1.82) is 0 Å². The van der Waals surface area contributed by atoms with E-state index in [1.165, 1.54) is 14.0 Å². The summed E-state index contributed by atoms with van der Waals surface area (Å²) < 4.78 is 14.8. The molecule has 1 rings (SSSR count). The zero-order valence-electron chi connectivity index (χ0n) is 8.91. The van der Waals surface area contributed by atoms with Crippen molar-refractivity contribution in [2.24, 2.45) is 0 Å². The van der Waals surface area contributed by atoms with Gasteiger partial charge >= 0.3 is 5.97 Å². The van der Waals surface area contributed by atoms with Crippen LogP contribution in [0.25, 0.3) is 0 Å². The number of aliphatic hydroxyl groups is 2. The highest BCUT2D eigenvalue weighted by molar-refractivity contribution is 5.66. The van der Waals surface area contributed by atoms with Gasteiger partial charge in [0.2, 0.25) is 0 Å². The van der Waals surface area contributed by atoms with Gasteiger partial charge < -0.3 is 24.4 Å². The second kappa shape index (κ2) is 4.89. The maximum absolute atomic E-state index is 10.8. The zero-order valence-corrected chi connectivity index (χ0v) is 8.91. The lowest BCUT2D eigenvalue weighted by molar-refractivity contribution is -0.286. The molecule has 5 atom stereocenters. The van der Waals surface area contributed by atoms with Gasteiger partial charge in [0.15, 0.2) is 12.4 Å². The van der Waals surface area contributed by atoms with Crippen LogP contribution in [0, 0.1) is 0 Å². The van der Waals surface area contributed by atoms with Crippen LogP contribution in [0.4, 0.5) is 0 Å². The molecule has 1 aliphatic rings. The number of methoxy groups -OCH3 is 1. The summed E-state index contributed by atoms with van der Waals surface area (Å²) in [6.45, 7) is 2.81. The van der Waals surface area contributed by atoms with Crippen molar-refractivity contribution in [3.8, 4) is 0 Å². The van der Waals surface area contributed by atoms with Crippen LogP contribution in [0.1, 0.15) is 13.8 Å². The molecule has 1 heterocycles. The molecule has 1 aliphatic heterocycles. The number of rotatable bonds is 2. The Morgan fingerprint density at radius 2 is 1.93 bits per heavy atom. The van der Waals surface area contributed by atoms with E-state index in [2.05, 4.69) is 0 Å². The fraction of sp³-hybridized carbons (Fsp3) is 0.889. The lowest BCUT2D eigenvalue weighted by atomic mass is 9.99. The molecule has 6 heteroatoms. The van der Waals surface area contributed by atoms with Crippen LogP contribution in [0.15, 0.2) is 0 Å². The third-order valence-electron chi connectivity index (χ3n) is 2.35. The number of carbonyl (C=O) groups excluding carboxylic acids is 1. The van der Waals surface area contributed by atoms with Crippen molar-refractivity contribution >= 4 is 5.97 Å². The molecule has 0 aromatic heterocycles. The van der Waals surface area contributed by atoms with Gasteiger partial charge in [0.25, 0.3) is 0 Å². The first-order valence-corrected chi connectivity index (χ1v) is 4.69. The van der Waals surface area contributed by atoms with Crippen LogP contribution < -0.4 is 0 Å². The number of hydrogen-bond donors (Lipinski definition) is 2. The van der Waals surface area contributed by atoms with Crippen molar-refractivity contribution in [1.82, 2.24) is 0 Å². The topological polar surface area (TPSA) is 85.2 Å². The quantitative estimate of drug-likeness (QED) is 0.582. The van der Waals surface area contributed by atoms with E-state index in [4.69, 9.17) is 14.2 Å². The number of aliphatic hydroxyl groups excluding tert-OH is 2. The van der Waals surface area contributed by atoms with E-state index < -0.39 is 36.7 Å². The van der Waals surface area contributed by atoms with Crippen LogP contribution >= 0.6 is 0 Å². The lowest BCUT2D eigenvalue weighted by Crippen LogP contribution is -2.58. The van der Waals surface area contributed by atoms with Gasteiger partial charge in [-0.25, -0.2) is 0 Å². The normalized spacial score (nSPS) is 41.3. The van der Waals surface area contributed by atoms with Gasteiger partial charge in [0, 0.05) is 14.0 Å². The molecular weight excluding hydrogens is 204 g/mol. The zero-order chi connectivity index (χ0) is 11.6. The number of carbonyl (C=O) groups is 1. The highest BCUT2D eigenvalue weighted by Gasteiger charge is 2.45. The summed E-state index contributed by atoms with van der Waals surface area (Å²) in [5.74, 6) is -0.563. The Bertz CT molecular complexity index is 231. The first-order valence-electron chi connectivity index (χ1n) is 4.69. The fourth-order valence-corrected chi connectivity index (χ4v) is 1.59. The standard InChI is InChI=1S/C9H16O6/c1-4-6(11)7(13-3)8(9(12)14-4)15-5(2)10/h4,6-9,11-12H,1-3H3/t4-,6+,7+,8-,9-/m1/s1. The van der Waals surface area contributed by atoms with E-state index in [1.807, 2.05) is 0 Å². The van der Waals surface area contributed by atoms with Crippen LogP contribution in [-0.2, 0) is 19.0 Å². The second-order valence-electron chi connectivity index (χ2n) is 3.50. The molecule has 0 aromatic rings. The minimum atomic E-state index is -1.28. The Morgan fingerprint density at radius 1 is 1.33 bits per heavy atom. The highest BCUT2D eigenvalue weighted by atomic mass is 16.7. The van der Waals surface area contributed by atoms with Crippen molar-refractivity contribution in [2.45, 2.75) is 44.6 Å². The average Bonchev–Trinajstić information content (AvgIpc) is 2.14. The summed E-state index contributed by atoms with van der Waals surface area (Å²) in [5, 5.41) is 19.2. The van der Waals surface area contributed by atoms with E-state index in [-0.39, 0.29) is 0 Å². The van der Waals surface area contributed by atoms with Crippen LogP contribution in [0.5, 0.6) is 0 Å². The third-order valence-corrected chi connectivity index (χ3v) is 2.35. The lowest BCUT2D eigenvalue weighted by Gasteiger charge is -2.40. The summed E-state index contributed by atoms with van der Waals surface area (Å²) in [4.78, 5) is 10.8. The van der Waals surface area contributed by atoms with E-state index in [1.54, 1.807) is 6.92 Å². The van der Waals surface area contributed by atoms with Gasteiger partial charge in [-0.05, 0) is 6.92 Å². The first kappa shape index (κ1) is 12.4. The molecule has 2 N–H and O–H groups in total. The molecule has 15 heavy (non-hydrogen) atoms. The van der Waals surface area contributed by atoms with Gasteiger partial charge in [-0.1, -0.05) is 0 Å². The Kier molecular flexibility index (Phi) is 4.04. The molecule has 1 saturated heterocycles. The summed E-state index contributed by atoms with van der Waals surface area (Å²) in [6.07, 6.45) is -4.58. The largest absolute Gasteiger partial charge is 0.454 e. The Hall–Kier alpha value is -0.690. The smallest absolute Gasteiger partial charge is 0.303 e. The summed E-state index contributed by atoms with van der Waals surface area (Å²) in [6, 6.07) is 0. The first-order chi connectivity index (χ1) is 6.97. The number of hydrogen-bond acceptors (Lipinski definition) is 6. The fourth-order valence-electron chi connectivity index (χ4n) is 1.59. The molecule has 88 valence electrons. The minimum Gasteiger partial charge on any atom is -0.454 e. The average molecular weight is 220 g/mol. The van der Waals surface area contributed by atoms with E-state index in [0.29, 0.717) is 0 Å². The maximum Gasteiger partial charge on any atom is 0.303 e. The molecule has 0 aliphatic carbocycles. The molecule has 0 spiro atoms. The molecule has 0 aromatic carbocycles. The van der Waals surface area contributed by atoms with Crippen LogP contribution in [0.3, 0.4) is 0 Å². The van der Waals surface area contributed by atoms with Crippen molar-refractivity contribution in [2.75, 3.05) is 7.11 Å². The van der Waals surface area contributed by atoms with Crippen LogP contribution in [-0.4, -0.2) is 54.0 Å². The van der Waals surface area contributed by atoms with Gasteiger partial charge in [-0.15, -0.1) is 0 Å². The third kappa shape index (κ3) is 2.66. The number of ether oxygens (including phenoxy) is 3. The maximum atomic E-state index is 10.8. The van der Waals surface area contributed by atoms with E-state index in [9.17, 15) is 15.0 Å².